The van der Waals surface area contributed by atoms with Crippen LogP contribution in [0.4, 0.5) is 0 Å². The van der Waals surface area contributed by atoms with Crippen molar-refractivity contribution in [1.82, 2.24) is 9.55 Å². The van der Waals surface area contributed by atoms with E-state index in [1.165, 1.54) is 0 Å². The number of rotatable bonds is 1. The molecule has 0 amide bonds. The average Bonchev–Trinajstić information content (AvgIpc) is 2.61. The van der Waals surface area contributed by atoms with Gasteiger partial charge in [-0.15, -0.1) is 0 Å². The van der Waals surface area contributed by atoms with Crippen LogP contribution in [0.5, 0.6) is 0 Å². The third-order valence-corrected chi connectivity index (χ3v) is 1.74. The van der Waals surface area contributed by atoms with Gasteiger partial charge in [0.2, 0.25) is 0 Å². The lowest BCUT2D eigenvalue weighted by Crippen LogP contribution is -1.90. The highest BCUT2D eigenvalue weighted by molar-refractivity contribution is 9.10. The molecule has 1 aromatic carbocycles. The van der Waals surface area contributed by atoms with Crippen molar-refractivity contribution in [3.05, 3.63) is 47.3 Å². The largest absolute Gasteiger partial charge is 0.294 e. The van der Waals surface area contributed by atoms with E-state index < -0.39 is 30.2 Å². The molecule has 3 heteroatoms. The van der Waals surface area contributed by atoms with Gasteiger partial charge in [-0.3, -0.25) is 4.57 Å². The molecule has 0 saturated heterocycles. The molecule has 0 fully saturated rings. The summed E-state index contributed by atoms with van der Waals surface area (Å²) in [6.45, 7) is 0. The van der Waals surface area contributed by atoms with Gasteiger partial charge in [0.25, 0.3) is 0 Å². The Labute approximate surface area is 88.8 Å². The second-order valence-electron chi connectivity index (χ2n) is 1.91. The molecule has 12 heavy (non-hydrogen) atoms. The fourth-order valence-corrected chi connectivity index (χ4v) is 1.08. The van der Waals surface area contributed by atoms with Crippen LogP contribution in [0.1, 0.15) is 9.60 Å². The van der Waals surface area contributed by atoms with E-state index in [0.29, 0.717) is 0 Å². The number of para-hydroxylation sites is 1. The number of nitrogens with zero attached hydrogens (tertiary/aromatic N) is 2. The van der Waals surface area contributed by atoms with E-state index in [-0.39, 0.29) is 22.8 Å². The summed E-state index contributed by atoms with van der Waals surface area (Å²) in [6, 6.07) is -2.40. The van der Waals surface area contributed by atoms with Gasteiger partial charge in [-0.1, -0.05) is 18.1 Å². The van der Waals surface area contributed by atoms with Crippen LogP contribution in [0, 0.1) is 0 Å². The Morgan fingerprint density at radius 3 is 2.67 bits per heavy atom. The Hall–Kier alpha value is -1.09. The zero-order valence-electron chi connectivity index (χ0n) is 12.8. The first kappa shape index (κ1) is 3.00. The first-order valence-corrected chi connectivity index (χ1v) is 3.85. The molecule has 0 bridgehead atoms. The second-order valence-corrected chi connectivity index (χ2v) is 2.62. The molecule has 1 aromatic heterocycles. The maximum Gasteiger partial charge on any atom is 0.181 e. The Morgan fingerprint density at radius 2 is 2.08 bits per heavy atom. The van der Waals surface area contributed by atoms with Gasteiger partial charge in [0, 0.05) is 18.0 Å². The minimum absolute atomic E-state index is 0.0426. The zero-order chi connectivity index (χ0) is 14.5. The van der Waals surface area contributed by atoms with E-state index in [0.717, 1.165) is 4.57 Å². The van der Waals surface area contributed by atoms with Crippen LogP contribution < -0.4 is 0 Å². The molecular formula is C9H7BrN2. The topological polar surface area (TPSA) is 17.8 Å². The molecule has 0 aliphatic rings. The van der Waals surface area contributed by atoms with E-state index >= 15 is 0 Å². The Balaban J connectivity index is 2.91. The number of hydrogen-bond donors (Lipinski definition) is 0. The van der Waals surface area contributed by atoms with Crippen molar-refractivity contribution in [3.63, 3.8) is 0 Å². The van der Waals surface area contributed by atoms with E-state index in [1.54, 1.807) is 0 Å². The smallest absolute Gasteiger partial charge is 0.181 e. The minimum Gasteiger partial charge on any atom is -0.294 e. The number of aromatic nitrogens is 2. The maximum absolute atomic E-state index is 7.79. The van der Waals surface area contributed by atoms with Gasteiger partial charge >= 0.3 is 0 Å². The van der Waals surface area contributed by atoms with Crippen molar-refractivity contribution in [2.24, 2.45) is 0 Å². The first-order valence-electron chi connectivity index (χ1n) is 6.56. The van der Waals surface area contributed by atoms with Crippen LogP contribution in [0.2, 0.25) is 0 Å². The van der Waals surface area contributed by atoms with E-state index in [1.807, 2.05) is 0 Å². The summed E-state index contributed by atoms with van der Waals surface area (Å²) < 4.78 is 54.4. The summed E-state index contributed by atoms with van der Waals surface area (Å²) in [7, 11) is 0. The minimum atomic E-state index is -0.507. The van der Waals surface area contributed by atoms with Crippen molar-refractivity contribution < 1.29 is 9.60 Å². The quantitative estimate of drug-likeness (QED) is 0.736. The average molecular weight is 230 g/mol. The lowest BCUT2D eigenvalue weighted by atomic mass is 10.3. The van der Waals surface area contributed by atoms with Crippen molar-refractivity contribution >= 4 is 15.9 Å². The predicted molar refractivity (Wildman–Crippen MR) is 51.3 cm³/mol. The molecule has 0 atom stereocenters. The van der Waals surface area contributed by atoms with Crippen molar-refractivity contribution in [3.8, 4) is 5.69 Å². The Morgan fingerprint density at radius 1 is 1.33 bits per heavy atom. The van der Waals surface area contributed by atoms with Crippen LogP contribution in [-0.4, -0.2) is 9.55 Å². The van der Waals surface area contributed by atoms with Gasteiger partial charge in [0.05, 0.1) is 9.60 Å². The molecule has 0 saturated carbocycles. The van der Waals surface area contributed by atoms with Crippen LogP contribution in [0.3, 0.4) is 0 Å². The van der Waals surface area contributed by atoms with Crippen LogP contribution >= 0.6 is 15.9 Å². The van der Waals surface area contributed by atoms with Gasteiger partial charge in [-0.2, -0.15) is 0 Å². The number of benzene rings is 1. The zero-order valence-corrected chi connectivity index (χ0v) is 7.36. The molecule has 0 unspecified atom stereocenters. The van der Waals surface area contributed by atoms with Gasteiger partial charge in [-0.05, 0) is 28.0 Å². The van der Waals surface area contributed by atoms with Gasteiger partial charge in [0.15, 0.2) is 4.73 Å². The molecule has 2 aromatic rings. The third kappa shape index (κ3) is 1.28. The van der Waals surface area contributed by atoms with Crippen molar-refractivity contribution in [2.75, 3.05) is 0 Å². The molecule has 0 aliphatic heterocycles. The molecule has 0 aliphatic carbocycles. The highest BCUT2D eigenvalue weighted by atomic mass is 79.9. The van der Waals surface area contributed by atoms with E-state index in [9.17, 15) is 0 Å². The summed E-state index contributed by atoms with van der Waals surface area (Å²) in [4.78, 5) is 3.67. The SMILES string of the molecule is [2H]c1nc(Br)n(-c2c([2H])c([2H])c([2H])c([2H])c2[2H])c1[2H]. The maximum atomic E-state index is 7.79. The van der Waals surface area contributed by atoms with E-state index in [4.69, 9.17) is 9.60 Å². The van der Waals surface area contributed by atoms with Gasteiger partial charge in [0.1, 0.15) is 0 Å². The van der Waals surface area contributed by atoms with E-state index in [2.05, 4.69) is 20.9 Å². The number of imidazole rings is 1. The molecule has 0 radical (unpaired) electrons. The van der Waals surface area contributed by atoms with Crippen LogP contribution in [-0.2, 0) is 0 Å². The number of hydrogen-bond acceptors (Lipinski definition) is 1. The van der Waals surface area contributed by atoms with Crippen LogP contribution in [0.25, 0.3) is 5.69 Å². The molecule has 0 spiro atoms. The molecule has 60 valence electrons. The van der Waals surface area contributed by atoms with Crippen LogP contribution in [0.15, 0.2) is 47.3 Å². The fourth-order valence-electron chi connectivity index (χ4n) is 0.721. The second kappa shape index (κ2) is 3.11. The Bertz CT molecular complexity index is 653. The van der Waals surface area contributed by atoms with Crippen molar-refractivity contribution in [2.45, 2.75) is 0 Å². The highest BCUT2D eigenvalue weighted by Crippen LogP contribution is 2.13. The summed E-state index contributed by atoms with van der Waals surface area (Å²) >= 11 is 3.02. The summed E-state index contributed by atoms with van der Waals surface area (Å²) in [6.07, 6.45) is -0.705. The monoisotopic (exact) mass is 229 g/mol. The number of halogens is 1. The first-order chi connectivity index (χ1) is 8.77. The predicted octanol–water partition coefficient (Wildman–Crippen LogP) is 2.63. The van der Waals surface area contributed by atoms with Gasteiger partial charge < -0.3 is 0 Å². The summed E-state index contributed by atoms with van der Waals surface area (Å²) in [5.74, 6) is 0. The standard InChI is InChI=1S/C9H7BrN2/c10-9-11-6-7-12(9)8-4-2-1-3-5-8/h1-7H/i1D,2D,3D,4D,5D,6D,7D. The Kier molecular flexibility index (Phi) is 0.776. The molecule has 1 heterocycles. The van der Waals surface area contributed by atoms with Crippen molar-refractivity contribution in [1.29, 1.82) is 0 Å². The fraction of sp³-hybridized carbons (Fsp3) is 0. The summed E-state index contributed by atoms with van der Waals surface area (Å²) in [5.41, 5.74) is -0.200. The highest BCUT2D eigenvalue weighted by Gasteiger charge is 1.98. The lowest BCUT2D eigenvalue weighted by molar-refractivity contribution is 1.01. The lowest BCUT2D eigenvalue weighted by Gasteiger charge is -2.01. The summed E-state index contributed by atoms with van der Waals surface area (Å²) in [5, 5.41) is 0. The normalized spacial score (nSPS) is 18.2. The molecule has 2 nitrogen and oxygen atoms in total. The molecular weight excluding hydrogens is 216 g/mol. The molecule has 0 N–H and O–H groups in total. The molecule has 2 rings (SSSR count). The third-order valence-electron chi connectivity index (χ3n) is 1.20. The van der Waals surface area contributed by atoms with Gasteiger partial charge in [-0.25, -0.2) is 4.98 Å².